The quantitative estimate of drug-likeness (QED) is 0.861. The highest BCUT2D eigenvalue weighted by atomic mass is 16.5. The van der Waals surface area contributed by atoms with Gasteiger partial charge in [0.2, 0.25) is 5.91 Å². The lowest BCUT2D eigenvalue weighted by atomic mass is 9.77. The average Bonchev–Trinajstić information content (AvgIpc) is 3.11. The van der Waals surface area contributed by atoms with Crippen molar-refractivity contribution in [2.24, 2.45) is 0 Å². The van der Waals surface area contributed by atoms with Crippen molar-refractivity contribution in [3.8, 4) is 0 Å². The Morgan fingerprint density at radius 3 is 2.28 bits per heavy atom. The van der Waals surface area contributed by atoms with Gasteiger partial charge in [-0.25, -0.2) is 0 Å². The van der Waals surface area contributed by atoms with Crippen LogP contribution in [0.4, 0.5) is 0 Å². The van der Waals surface area contributed by atoms with E-state index in [1.165, 1.54) is 5.56 Å². The van der Waals surface area contributed by atoms with Crippen LogP contribution in [0.1, 0.15) is 69.4 Å². The Balaban J connectivity index is 1.74. The Labute approximate surface area is 151 Å². The molecule has 1 saturated heterocycles. The molecule has 1 saturated carbocycles. The van der Waals surface area contributed by atoms with Crippen molar-refractivity contribution in [3.05, 3.63) is 35.4 Å². The molecule has 3 rings (SSSR count). The molecular formula is C21H31NO3. The maximum Gasteiger partial charge on any atom is 0.230 e. The summed E-state index contributed by atoms with van der Waals surface area (Å²) in [5.41, 5.74) is 1.16. The number of aliphatic hydroxyl groups is 1. The molecule has 0 radical (unpaired) electrons. The summed E-state index contributed by atoms with van der Waals surface area (Å²) in [4.78, 5) is 13.1. The molecule has 1 aliphatic carbocycles. The summed E-state index contributed by atoms with van der Waals surface area (Å²) in [5, 5.41) is 13.7. The lowest BCUT2D eigenvalue weighted by Gasteiger charge is -2.34. The Morgan fingerprint density at radius 1 is 1.12 bits per heavy atom. The summed E-state index contributed by atoms with van der Waals surface area (Å²) in [5.74, 6) is 0.562. The normalized spacial score (nSPS) is 22.1. The minimum Gasteiger partial charge on any atom is -0.388 e. The highest BCUT2D eigenvalue weighted by Crippen LogP contribution is 2.41. The van der Waals surface area contributed by atoms with Crippen LogP contribution in [0.2, 0.25) is 0 Å². The maximum atomic E-state index is 13.1. The molecule has 0 bridgehead atoms. The molecule has 1 aromatic carbocycles. The van der Waals surface area contributed by atoms with Gasteiger partial charge in [0.1, 0.15) is 0 Å². The second kappa shape index (κ2) is 7.46. The molecule has 1 amide bonds. The number of carbonyl (C=O) groups is 1. The van der Waals surface area contributed by atoms with Crippen LogP contribution in [0.3, 0.4) is 0 Å². The molecular weight excluding hydrogens is 314 g/mol. The van der Waals surface area contributed by atoms with Gasteiger partial charge in [-0.15, -0.1) is 0 Å². The SMILES string of the molecule is CC(C)c1ccc(C2(C(=O)NCC3(O)CCOCC3)CCCC2)cc1. The third-order valence-corrected chi connectivity index (χ3v) is 6.02. The fourth-order valence-corrected chi connectivity index (χ4v) is 4.15. The lowest BCUT2D eigenvalue weighted by Crippen LogP contribution is -2.51. The second-order valence-corrected chi connectivity index (χ2v) is 8.09. The molecule has 0 aromatic heterocycles. The summed E-state index contributed by atoms with van der Waals surface area (Å²) in [7, 11) is 0. The van der Waals surface area contributed by atoms with Crippen molar-refractivity contribution in [1.82, 2.24) is 5.32 Å². The van der Waals surface area contributed by atoms with E-state index in [9.17, 15) is 9.90 Å². The van der Waals surface area contributed by atoms with Gasteiger partial charge in [0, 0.05) is 32.6 Å². The Hall–Kier alpha value is -1.39. The summed E-state index contributed by atoms with van der Waals surface area (Å²) in [6.45, 7) is 5.81. The third-order valence-electron chi connectivity index (χ3n) is 6.02. The van der Waals surface area contributed by atoms with Crippen molar-refractivity contribution in [3.63, 3.8) is 0 Å². The Kier molecular flexibility index (Phi) is 5.49. The molecule has 1 heterocycles. The van der Waals surface area contributed by atoms with Gasteiger partial charge in [-0.05, 0) is 29.9 Å². The number of nitrogens with one attached hydrogen (secondary N) is 1. The van der Waals surface area contributed by atoms with E-state index in [0.717, 1.165) is 31.2 Å². The summed E-state index contributed by atoms with van der Waals surface area (Å²) in [6.07, 6.45) is 5.12. The molecule has 1 aromatic rings. The lowest BCUT2D eigenvalue weighted by molar-refractivity contribution is -0.129. The molecule has 0 spiro atoms. The van der Waals surface area contributed by atoms with Gasteiger partial charge in [-0.1, -0.05) is 51.0 Å². The van der Waals surface area contributed by atoms with Crippen LogP contribution in [-0.4, -0.2) is 36.4 Å². The molecule has 4 nitrogen and oxygen atoms in total. The monoisotopic (exact) mass is 345 g/mol. The van der Waals surface area contributed by atoms with E-state index in [2.05, 4.69) is 43.4 Å². The van der Waals surface area contributed by atoms with Crippen molar-refractivity contribution < 1.29 is 14.6 Å². The van der Waals surface area contributed by atoms with Gasteiger partial charge in [0.05, 0.1) is 11.0 Å². The molecule has 2 fully saturated rings. The molecule has 0 atom stereocenters. The van der Waals surface area contributed by atoms with Crippen LogP contribution in [0, 0.1) is 0 Å². The van der Waals surface area contributed by atoms with E-state index in [1.54, 1.807) is 0 Å². The fourth-order valence-electron chi connectivity index (χ4n) is 4.15. The minimum atomic E-state index is -0.824. The number of ether oxygens (including phenoxy) is 1. The molecule has 2 aliphatic rings. The van der Waals surface area contributed by atoms with E-state index < -0.39 is 11.0 Å². The first-order valence-electron chi connectivity index (χ1n) is 9.64. The van der Waals surface area contributed by atoms with Crippen LogP contribution in [0.5, 0.6) is 0 Å². The number of carbonyl (C=O) groups excluding carboxylic acids is 1. The first-order valence-corrected chi connectivity index (χ1v) is 9.64. The Bertz CT molecular complexity index is 582. The van der Waals surface area contributed by atoms with E-state index in [1.807, 2.05) is 0 Å². The topological polar surface area (TPSA) is 58.6 Å². The molecule has 25 heavy (non-hydrogen) atoms. The van der Waals surface area contributed by atoms with Crippen molar-refractivity contribution in [1.29, 1.82) is 0 Å². The molecule has 4 heteroatoms. The number of rotatable bonds is 5. The van der Waals surface area contributed by atoms with Crippen LogP contribution in [0.25, 0.3) is 0 Å². The van der Waals surface area contributed by atoms with Gasteiger partial charge in [0.25, 0.3) is 0 Å². The zero-order chi connectivity index (χ0) is 17.9. The first-order chi connectivity index (χ1) is 12.0. The zero-order valence-corrected chi connectivity index (χ0v) is 15.5. The van der Waals surface area contributed by atoms with Gasteiger partial charge in [0.15, 0.2) is 0 Å². The minimum absolute atomic E-state index is 0.0715. The number of hydrogen-bond acceptors (Lipinski definition) is 3. The third kappa shape index (κ3) is 3.90. The molecule has 138 valence electrons. The summed E-state index contributed by atoms with van der Waals surface area (Å²) >= 11 is 0. The molecule has 1 aliphatic heterocycles. The highest BCUT2D eigenvalue weighted by molar-refractivity contribution is 5.88. The maximum absolute atomic E-state index is 13.1. The van der Waals surface area contributed by atoms with Crippen LogP contribution >= 0.6 is 0 Å². The van der Waals surface area contributed by atoms with Gasteiger partial charge < -0.3 is 15.2 Å². The van der Waals surface area contributed by atoms with Crippen molar-refractivity contribution in [2.75, 3.05) is 19.8 Å². The smallest absolute Gasteiger partial charge is 0.230 e. The number of hydrogen-bond donors (Lipinski definition) is 2. The highest BCUT2D eigenvalue weighted by Gasteiger charge is 2.43. The molecule has 2 N–H and O–H groups in total. The van der Waals surface area contributed by atoms with Crippen molar-refractivity contribution >= 4 is 5.91 Å². The van der Waals surface area contributed by atoms with Gasteiger partial charge in [-0.2, -0.15) is 0 Å². The first kappa shape index (κ1) is 18.4. The van der Waals surface area contributed by atoms with Gasteiger partial charge >= 0.3 is 0 Å². The Morgan fingerprint density at radius 2 is 1.72 bits per heavy atom. The second-order valence-electron chi connectivity index (χ2n) is 8.09. The van der Waals surface area contributed by atoms with E-state index in [-0.39, 0.29) is 5.91 Å². The zero-order valence-electron chi connectivity index (χ0n) is 15.5. The van der Waals surface area contributed by atoms with Crippen LogP contribution < -0.4 is 5.32 Å². The van der Waals surface area contributed by atoms with Gasteiger partial charge in [-0.3, -0.25) is 4.79 Å². The van der Waals surface area contributed by atoms with E-state index >= 15 is 0 Å². The fraction of sp³-hybridized carbons (Fsp3) is 0.667. The van der Waals surface area contributed by atoms with E-state index in [0.29, 0.717) is 38.5 Å². The standard InChI is InChI=1S/C21H31NO3/c1-16(2)17-5-7-18(8-6-17)21(9-3-4-10-21)19(23)22-15-20(24)11-13-25-14-12-20/h5-8,16,24H,3-4,9-15H2,1-2H3,(H,22,23). The predicted molar refractivity (Wildman–Crippen MR) is 98.7 cm³/mol. The van der Waals surface area contributed by atoms with Crippen molar-refractivity contribution in [2.45, 2.75) is 69.3 Å². The summed E-state index contributed by atoms with van der Waals surface area (Å²) in [6, 6.07) is 8.56. The number of amides is 1. The molecule has 0 unspecified atom stereocenters. The van der Waals surface area contributed by atoms with Crippen LogP contribution in [-0.2, 0) is 14.9 Å². The van der Waals surface area contributed by atoms with E-state index in [4.69, 9.17) is 4.74 Å². The summed E-state index contributed by atoms with van der Waals surface area (Å²) < 4.78 is 5.32. The predicted octanol–water partition coefficient (Wildman–Crippen LogP) is 3.28. The largest absolute Gasteiger partial charge is 0.388 e. The number of benzene rings is 1. The van der Waals surface area contributed by atoms with Crippen LogP contribution in [0.15, 0.2) is 24.3 Å². The average molecular weight is 345 g/mol.